The number of nitrogens with one attached hydrogen (secondary N) is 2. The molecule has 2 heterocycles. The van der Waals surface area contributed by atoms with E-state index in [9.17, 15) is 9.59 Å². The maximum atomic E-state index is 12.5. The Morgan fingerprint density at radius 1 is 1.17 bits per heavy atom. The number of fused-ring (bicyclic) bond motifs is 1. The van der Waals surface area contributed by atoms with Crippen molar-refractivity contribution in [2.24, 2.45) is 0 Å². The van der Waals surface area contributed by atoms with Gasteiger partial charge in [0.05, 0.1) is 6.61 Å². The van der Waals surface area contributed by atoms with Crippen molar-refractivity contribution >= 4 is 5.91 Å². The molecule has 1 unspecified atom stereocenters. The quantitative estimate of drug-likeness (QED) is 0.673. The van der Waals surface area contributed by atoms with Gasteiger partial charge in [-0.2, -0.15) is 0 Å². The number of hydrogen-bond donors (Lipinski definition) is 2. The number of aromatic amines is 1. The molecule has 0 fully saturated rings. The molecule has 1 aliphatic heterocycles. The normalized spacial score (nSPS) is 15.4. The molecule has 0 saturated heterocycles. The molecule has 148 valence electrons. The van der Waals surface area contributed by atoms with Gasteiger partial charge in [0.25, 0.3) is 11.5 Å². The van der Waals surface area contributed by atoms with Crippen LogP contribution in [0.3, 0.4) is 0 Å². The first kappa shape index (κ1) is 18.9. The van der Waals surface area contributed by atoms with Gasteiger partial charge in [0.1, 0.15) is 29.8 Å². The summed E-state index contributed by atoms with van der Waals surface area (Å²) in [6.07, 6.45) is 1.90. The Morgan fingerprint density at radius 3 is 2.79 bits per heavy atom. The molecule has 0 spiro atoms. The van der Waals surface area contributed by atoms with E-state index in [1.807, 2.05) is 48.5 Å². The number of benzene rings is 2. The van der Waals surface area contributed by atoms with E-state index < -0.39 is 11.5 Å². The van der Waals surface area contributed by atoms with E-state index in [1.165, 1.54) is 11.8 Å². The molecule has 0 bridgehead atoms. The minimum atomic E-state index is -0.505. The van der Waals surface area contributed by atoms with Gasteiger partial charge in [-0.25, -0.2) is 4.98 Å². The zero-order chi connectivity index (χ0) is 20.1. The molecule has 0 radical (unpaired) electrons. The highest BCUT2D eigenvalue weighted by molar-refractivity contribution is 5.93. The average molecular weight is 391 g/mol. The number of nitrogens with zero attached hydrogens (tertiary/aromatic N) is 1. The molecule has 1 aromatic heterocycles. The number of carbonyl (C=O) groups is 1. The Kier molecular flexibility index (Phi) is 5.67. The smallest absolute Gasteiger partial charge is 0.263 e. The third-order valence-corrected chi connectivity index (χ3v) is 4.76. The number of carbonyl (C=O) groups excluding carboxylic acids is 1. The van der Waals surface area contributed by atoms with E-state index in [0.29, 0.717) is 18.2 Å². The second-order valence-corrected chi connectivity index (χ2v) is 6.69. The number of amides is 1. The van der Waals surface area contributed by atoms with Crippen molar-refractivity contribution < 1.29 is 14.3 Å². The van der Waals surface area contributed by atoms with Gasteiger partial charge in [-0.1, -0.05) is 42.5 Å². The molecule has 4 rings (SSSR count). The van der Waals surface area contributed by atoms with Crippen LogP contribution in [0, 0.1) is 0 Å². The summed E-state index contributed by atoms with van der Waals surface area (Å²) >= 11 is 0. The van der Waals surface area contributed by atoms with E-state index in [0.717, 1.165) is 12.0 Å². The molecular formula is C22H21N3O4. The van der Waals surface area contributed by atoms with Crippen molar-refractivity contribution in [3.63, 3.8) is 0 Å². The van der Waals surface area contributed by atoms with Crippen LogP contribution >= 0.6 is 0 Å². The Bertz CT molecular complexity index is 1050. The Balaban J connectivity index is 1.37. The van der Waals surface area contributed by atoms with Gasteiger partial charge in [0.2, 0.25) is 0 Å². The zero-order valence-corrected chi connectivity index (χ0v) is 15.8. The number of rotatable bonds is 6. The second kappa shape index (κ2) is 8.70. The lowest BCUT2D eigenvalue weighted by Gasteiger charge is -2.26. The Labute approximate surface area is 167 Å². The molecule has 1 amide bonds. The van der Waals surface area contributed by atoms with Crippen LogP contribution in [0.15, 0.2) is 65.6 Å². The lowest BCUT2D eigenvalue weighted by Crippen LogP contribution is -2.35. The maximum Gasteiger partial charge on any atom is 0.263 e. The molecule has 7 nitrogen and oxygen atoms in total. The van der Waals surface area contributed by atoms with E-state index in [-0.39, 0.29) is 24.8 Å². The number of para-hydroxylation sites is 1. The van der Waals surface area contributed by atoms with Crippen LogP contribution in [0.2, 0.25) is 0 Å². The number of H-pyrrole nitrogens is 1. The molecule has 1 aliphatic rings. The van der Waals surface area contributed by atoms with Gasteiger partial charge in [-0.3, -0.25) is 9.59 Å². The summed E-state index contributed by atoms with van der Waals surface area (Å²) in [4.78, 5) is 31.5. The number of ether oxygens (including phenoxy) is 2. The summed E-state index contributed by atoms with van der Waals surface area (Å²) in [7, 11) is 0. The highest BCUT2D eigenvalue weighted by atomic mass is 16.5. The Hall–Kier alpha value is -3.45. The lowest BCUT2D eigenvalue weighted by atomic mass is 9.97. The first-order valence-electron chi connectivity index (χ1n) is 9.44. The van der Waals surface area contributed by atoms with Crippen molar-refractivity contribution in [2.75, 3.05) is 13.2 Å². The van der Waals surface area contributed by atoms with Crippen LogP contribution in [-0.2, 0) is 17.8 Å². The van der Waals surface area contributed by atoms with Gasteiger partial charge in [0.15, 0.2) is 0 Å². The molecule has 1 atom stereocenters. The van der Waals surface area contributed by atoms with Crippen LogP contribution < -0.4 is 15.6 Å². The lowest BCUT2D eigenvalue weighted by molar-refractivity contribution is 0.0411. The molecule has 0 saturated carbocycles. The van der Waals surface area contributed by atoms with Gasteiger partial charge in [0, 0.05) is 12.7 Å². The molecule has 2 aromatic carbocycles. The largest absolute Gasteiger partial charge is 0.486 e. The summed E-state index contributed by atoms with van der Waals surface area (Å²) in [5.41, 5.74) is 1.74. The van der Waals surface area contributed by atoms with Crippen LogP contribution in [0.1, 0.15) is 33.4 Å². The van der Waals surface area contributed by atoms with Gasteiger partial charge in [-0.05, 0) is 29.7 Å². The summed E-state index contributed by atoms with van der Waals surface area (Å²) in [6, 6.07) is 17.2. The van der Waals surface area contributed by atoms with Gasteiger partial charge in [-0.15, -0.1) is 0 Å². The molecular weight excluding hydrogens is 370 g/mol. The van der Waals surface area contributed by atoms with E-state index in [4.69, 9.17) is 9.47 Å². The molecule has 7 heteroatoms. The minimum absolute atomic E-state index is 0.0439. The molecule has 29 heavy (non-hydrogen) atoms. The molecule has 3 aromatic rings. The minimum Gasteiger partial charge on any atom is -0.486 e. The first-order valence-corrected chi connectivity index (χ1v) is 9.44. The van der Waals surface area contributed by atoms with E-state index in [2.05, 4.69) is 21.4 Å². The average Bonchev–Trinajstić information content (AvgIpc) is 2.77. The highest BCUT2D eigenvalue weighted by Crippen LogP contribution is 2.26. The van der Waals surface area contributed by atoms with Crippen molar-refractivity contribution in [3.8, 4) is 5.75 Å². The third kappa shape index (κ3) is 4.52. The van der Waals surface area contributed by atoms with E-state index in [1.54, 1.807) is 0 Å². The second-order valence-electron chi connectivity index (χ2n) is 6.69. The SMILES string of the molecule is O=C(NCC1OCCc2ccccc21)c1cnc(COc2ccccc2)[nH]c1=O. The van der Waals surface area contributed by atoms with Crippen molar-refractivity contribution in [1.29, 1.82) is 0 Å². The predicted molar refractivity (Wildman–Crippen MR) is 107 cm³/mol. The number of hydrogen-bond acceptors (Lipinski definition) is 5. The summed E-state index contributed by atoms with van der Waals surface area (Å²) < 4.78 is 11.3. The van der Waals surface area contributed by atoms with Crippen molar-refractivity contribution in [1.82, 2.24) is 15.3 Å². The fourth-order valence-electron chi connectivity index (χ4n) is 3.26. The number of aromatic nitrogens is 2. The summed E-state index contributed by atoms with van der Waals surface area (Å²) in [6.45, 7) is 0.998. The van der Waals surface area contributed by atoms with Crippen LogP contribution in [-0.4, -0.2) is 29.0 Å². The van der Waals surface area contributed by atoms with Crippen LogP contribution in [0.4, 0.5) is 0 Å². The zero-order valence-electron chi connectivity index (χ0n) is 15.8. The summed E-state index contributed by atoms with van der Waals surface area (Å²) in [5, 5.41) is 2.77. The van der Waals surface area contributed by atoms with Crippen LogP contribution in [0.25, 0.3) is 0 Å². The van der Waals surface area contributed by atoms with E-state index >= 15 is 0 Å². The predicted octanol–water partition coefficient (Wildman–Crippen LogP) is 2.39. The monoisotopic (exact) mass is 391 g/mol. The van der Waals surface area contributed by atoms with Crippen molar-refractivity contribution in [2.45, 2.75) is 19.1 Å². The van der Waals surface area contributed by atoms with Crippen molar-refractivity contribution in [3.05, 3.63) is 93.7 Å². The highest BCUT2D eigenvalue weighted by Gasteiger charge is 2.22. The molecule has 0 aliphatic carbocycles. The maximum absolute atomic E-state index is 12.5. The van der Waals surface area contributed by atoms with Crippen LogP contribution in [0.5, 0.6) is 5.75 Å². The standard InChI is InChI=1S/C22H21N3O4/c26-21(24-13-19-17-9-5-4-6-15(17)10-11-28-19)18-12-23-20(25-22(18)27)14-29-16-7-2-1-3-8-16/h1-9,12,19H,10-11,13-14H2,(H,24,26)(H,23,25,27). The van der Waals surface area contributed by atoms with Gasteiger partial charge < -0.3 is 19.8 Å². The fraction of sp³-hybridized carbons (Fsp3) is 0.227. The fourth-order valence-corrected chi connectivity index (χ4v) is 3.26. The third-order valence-electron chi connectivity index (χ3n) is 4.76. The molecule has 2 N–H and O–H groups in total. The Morgan fingerprint density at radius 2 is 1.97 bits per heavy atom. The topological polar surface area (TPSA) is 93.3 Å². The first-order chi connectivity index (χ1) is 14.2. The summed E-state index contributed by atoms with van der Waals surface area (Å²) in [5.74, 6) is 0.533. The van der Waals surface area contributed by atoms with Gasteiger partial charge >= 0.3 is 0 Å².